The van der Waals surface area contributed by atoms with Gasteiger partial charge in [-0.05, 0) is 44.1 Å². The normalized spacial score (nSPS) is 31.1. The molecule has 0 saturated carbocycles. The Kier molecular flexibility index (Phi) is 5.66. The van der Waals surface area contributed by atoms with E-state index in [9.17, 15) is 9.90 Å². The molecule has 1 amide bonds. The number of nitrogens with zero attached hydrogens (tertiary/aromatic N) is 1. The Hall–Kier alpha value is -1.63. The van der Waals surface area contributed by atoms with Crippen molar-refractivity contribution in [2.24, 2.45) is 0 Å². The molecule has 2 unspecified atom stereocenters. The molecule has 27 heavy (non-hydrogen) atoms. The van der Waals surface area contributed by atoms with Gasteiger partial charge in [0.2, 0.25) is 0 Å². The van der Waals surface area contributed by atoms with Gasteiger partial charge in [0.15, 0.2) is 6.29 Å². The Bertz CT molecular complexity index is 617. The lowest BCUT2D eigenvalue weighted by Gasteiger charge is -2.51. The van der Waals surface area contributed by atoms with Crippen LogP contribution in [0.4, 0.5) is 4.79 Å². The fourth-order valence-corrected chi connectivity index (χ4v) is 4.78. The summed E-state index contributed by atoms with van der Waals surface area (Å²) in [6.07, 6.45) is 5.08. The van der Waals surface area contributed by atoms with E-state index in [4.69, 9.17) is 14.2 Å². The van der Waals surface area contributed by atoms with Crippen LogP contribution in [0.5, 0.6) is 0 Å². The first-order chi connectivity index (χ1) is 13.1. The minimum Gasteiger partial charge on any atom is -0.445 e. The van der Waals surface area contributed by atoms with Crippen molar-refractivity contribution in [3.63, 3.8) is 0 Å². The molecule has 6 nitrogen and oxygen atoms in total. The summed E-state index contributed by atoms with van der Waals surface area (Å²) in [4.78, 5) is 14.6. The molecule has 0 radical (unpaired) electrons. The number of carbonyl (C=O) groups excluding carboxylic acids is 1. The topological polar surface area (TPSA) is 68.2 Å². The van der Waals surface area contributed by atoms with Crippen LogP contribution in [0.25, 0.3) is 0 Å². The molecule has 3 fully saturated rings. The minimum absolute atomic E-state index is 0.0520. The average Bonchev–Trinajstić information content (AvgIpc) is 3.18. The molecular formula is C21H29NO5. The number of benzene rings is 1. The lowest BCUT2D eigenvalue weighted by atomic mass is 9.74. The lowest BCUT2D eigenvalue weighted by molar-refractivity contribution is -0.109. The highest BCUT2D eigenvalue weighted by atomic mass is 16.7. The molecule has 148 valence electrons. The molecule has 1 aromatic carbocycles. The second-order valence-corrected chi connectivity index (χ2v) is 8.03. The van der Waals surface area contributed by atoms with Crippen molar-refractivity contribution in [1.29, 1.82) is 0 Å². The molecule has 6 heteroatoms. The maximum absolute atomic E-state index is 12.7. The van der Waals surface area contributed by atoms with E-state index in [1.165, 1.54) is 0 Å². The Morgan fingerprint density at radius 1 is 1.15 bits per heavy atom. The van der Waals surface area contributed by atoms with Crippen molar-refractivity contribution in [3.05, 3.63) is 35.9 Å². The largest absolute Gasteiger partial charge is 0.445 e. The zero-order valence-electron chi connectivity index (χ0n) is 15.7. The van der Waals surface area contributed by atoms with E-state index in [1.54, 1.807) is 0 Å². The van der Waals surface area contributed by atoms with Gasteiger partial charge >= 0.3 is 6.09 Å². The quantitative estimate of drug-likeness (QED) is 0.856. The van der Waals surface area contributed by atoms with Gasteiger partial charge in [-0.15, -0.1) is 0 Å². The number of amides is 1. The number of aliphatic hydroxyl groups is 1. The summed E-state index contributed by atoms with van der Waals surface area (Å²) >= 11 is 0. The smallest absolute Gasteiger partial charge is 0.410 e. The van der Waals surface area contributed by atoms with E-state index in [-0.39, 0.29) is 31.1 Å². The zero-order chi connectivity index (χ0) is 18.7. The molecule has 1 N–H and O–H groups in total. The van der Waals surface area contributed by atoms with Crippen molar-refractivity contribution in [2.75, 3.05) is 13.2 Å². The molecule has 0 aromatic heterocycles. The summed E-state index contributed by atoms with van der Waals surface area (Å²) in [5.74, 6) is 0. The van der Waals surface area contributed by atoms with E-state index < -0.39 is 5.60 Å². The number of hydrogen-bond donors (Lipinski definition) is 1. The second-order valence-electron chi connectivity index (χ2n) is 8.03. The molecule has 3 aliphatic heterocycles. The number of carbonyl (C=O) groups is 1. The highest BCUT2D eigenvalue weighted by Crippen LogP contribution is 2.42. The number of rotatable bonds is 5. The monoisotopic (exact) mass is 375 g/mol. The van der Waals surface area contributed by atoms with Crippen LogP contribution in [0.2, 0.25) is 0 Å². The van der Waals surface area contributed by atoms with E-state index in [0.29, 0.717) is 38.9 Å². The highest BCUT2D eigenvalue weighted by molar-refractivity contribution is 5.69. The van der Waals surface area contributed by atoms with Crippen molar-refractivity contribution < 1.29 is 24.1 Å². The molecule has 3 saturated heterocycles. The molecule has 3 aliphatic rings. The Balaban J connectivity index is 1.35. The van der Waals surface area contributed by atoms with Gasteiger partial charge in [-0.3, -0.25) is 0 Å². The average molecular weight is 375 g/mol. The third kappa shape index (κ3) is 4.45. The molecule has 4 rings (SSSR count). The first-order valence-electron chi connectivity index (χ1n) is 10.1. The molecule has 1 aromatic rings. The molecular weight excluding hydrogens is 346 g/mol. The van der Waals surface area contributed by atoms with Crippen LogP contribution in [0, 0.1) is 0 Å². The van der Waals surface area contributed by atoms with Gasteiger partial charge in [0.25, 0.3) is 0 Å². The fourth-order valence-electron chi connectivity index (χ4n) is 4.78. The fraction of sp³-hybridized carbons (Fsp3) is 0.667. The standard InChI is InChI=1S/C21H29NO5/c23-20(27-15-16-5-2-1-3-6-16)22-17-7-4-8-18(22)14-21(24,13-17)10-9-19-25-11-12-26-19/h1-3,5-6,17-19,24H,4,7-15H2. The van der Waals surface area contributed by atoms with Gasteiger partial charge in [0.05, 0.1) is 18.8 Å². The van der Waals surface area contributed by atoms with Crippen molar-refractivity contribution >= 4 is 6.09 Å². The SMILES string of the molecule is O=C(OCc1ccccc1)N1C2CCCC1CC(O)(CCC1OCCO1)C2. The van der Waals surface area contributed by atoms with Crippen LogP contribution in [0.15, 0.2) is 30.3 Å². The maximum Gasteiger partial charge on any atom is 0.410 e. The number of piperidine rings is 2. The Morgan fingerprint density at radius 2 is 1.81 bits per heavy atom. The van der Waals surface area contributed by atoms with Crippen LogP contribution >= 0.6 is 0 Å². The van der Waals surface area contributed by atoms with Crippen molar-refractivity contribution in [1.82, 2.24) is 4.90 Å². The summed E-state index contributed by atoms with van der Waals surface area (Å²) in [5.41, 5.74) is 0.238. The molecule has 2 bridgehead atoms. The van der Waals surface area contributed by atoms with Gasteiger partial charge in [-0.25, -0.2) is 4.79 Å². The number of hydrogen-bond acceptors (Lipinski definition) is 5. The van der Waals surface area contributed by atoms with Crippen molar-refractivity contribution in [3.8, 4) is 0 Å². The second kappa shape index (κ2) is 8.17. The van der Waals surface area contributed by atoms with Crippen LogP contribution in [-0.2, 0) is 20.8 Å². The van der Waals surface area contributed by atoms with E-state index >= 15 is 0 Å². The van der Waals surface area contributed by atoms with E-state index in [1.807, 2.05) is 35.2 Å². The summed E-state index contributed by atoms with van der Waals surface area (Å²) in [5, 5.41) is 11.2. The van der Waals surface area contributed by atoms with Crippen molar-refractivity contribution in [2.45, 2.75) is 75.5 Å². The lowest BCUT2D eigenvalue weighted by Crippen LogP contribution is -2.60. The number of ether oxygens (including phenoxy) is 3. The number of fused-ring (bicyclic) bond motifs is 2. The summed E-state index contributed by atoms with van der Waals surface area (Å²) in [6, 6.07) is 9.84. The maximum atomic E-state index is 12.7. The summed E-state index contributed by atoms with van der Waals surface area (Å²) < 4.78 is 16.6. The van der Waals surface area contributed by atoms with E-state index in [2.05, 4.69) is 0 Å². The molecule has 2 atom stereocenters. The molecule has 0 aliphatic carbocycles. The third-order valence-corrected chi connectivity index (χ3v) is 6.04. The summed E-state index contributed by atoms with van der Waals surface area (Å²) in [7, 11) is 0. The van der Waals surface area contributed by atoms with Gasteiger partial charge in [-0.1, -0.05) is 30.3 Å². The van der Waals surface area contributed by atoms with Gasteiger partial charge < -0.3 is 24.2 Å². The first-order valence-corrected chi connectivity index (χ1v) is 10.1. The van der Waals surface area contributed by atoms with E-state index in [0.717, 1.165) is 24.8 Å². The highest BCUT2D eigenvalue weighted by Gasteiger charge is 2.47. The zero-order valence-corrected chi connectivity index (χ0v) is 15.7. The predicted octanol–water partition coefficient (Wildman–Crippen LogP) is 3.22. The molecule has 0 spiro atoms. The predicted molar refractivity (Wildman–Crippen MR) is 99.0 cm³/mol. The van der Waals surface area contributed by atoms with Gasteiger partial charge in [0, 0.05) is 18.5 Å². The Labute approximate surface area is 160 Å². The van der Waals surface area contributed by atoms with Crippen LogP contribution in [0.3, 0.4) is 0 Å². The van der Waals surface area contributed by atoms with Crippen LogP contribution in [-0.4, -0.2) is 53.3 Å². The minimum atomic E-state index is -0.749. The summed E-state index contributed by atoms with van der Waals surface area (Å²) in [6.45, 7) is 1.56. The van der Waals surface area contributed by atoms with Crippen LogP contribution in [0.1, 0.15) is 50.5 Å². The first kappa shape index (κ1) is 18.7. The molecule has 3 heterocycles. The Morgan fingerprint density at radius 3 is 2.48 bits per heavy atom. The third-order valence-electron chi connectivity index (χ3n) is 6.04. The van der Waals surface area contributed by atoms with Crippen LogP contribution < -0.4 is 0 Å². The van der Waals surface area contributed by atoms with Gasteiger partial charge in [0.1, 0.15) is 6.61 Å². The van der Waals surface area contributed by atoms with Gasteiger partial charge in [-0.2, -0.15) is 0 Å².